The number of urea groups is 1. The minimum atomic E-state index is -0.838. The number of carbonyl (C=O) groups is 3. The molecule has 0 unspecified atom stereocenters. The number of imide groups is 1. The first-order valence-electron chi connectivity index (χ1n) is 8.79. The zero-order valence-electron chi connectivity index (χ0n) is 14.8. The Labute approximate surface area is 157 Å². The van der Waals surface area contributed by atoms with Crippen LogP contribution in [0.3, 0.4) is 0 Å². The molecule has 4 amide bonds. The molecular weight excluding hydrogens is 356 g/mol. The Bertz CT molecular complexity index is 718. The molecule has 1 spiro atoms. The van der Waals surface area contributed by atoms with Crippen molar-refractivity contribution in [2.45, 2.75) is 44.2 Å². The Balaban J connectivity index is 1.56. The minimum Gasteiger partial charge on any atom is -0.322 e. The maximum absolute atomic E-state index is 12.6. The minimum absolute atomic E-state index is 0.0522. The van der Waals surface area contributed by atoms with Gasteiger partial charge in [-0.1, -0.05) is 43.0 Å². The second kappa shape index (κ2) is 7.63. The predicted octanol–water partition coefficient (Wildman–Crippen LogP) is 2.06. The van der Waals surface area contributed by atoms with Crippen LogP contribution in [0, 0.1) is 0 Å². The van der Waals surface area contributed by atoms with Crippen molar-refractivity contribution >= 4 is 29.4 Å². The molecule has 1 aliphatic carbocycles. The molecule has 1 saturated heterocycles. The van der Waals surface area contributed by atoms with Gasteiger partial charge in [-0.2, -0.15) is 5.01 Å². The fraction of sp³-hybridized carbons (Fsp3) is 0.500. The van der Waals surface area contributed by atoms with E-state index in [1.807, 2.05) is 18.2 Å². The quantitative estimate of drug-likeness (QED) is 0.768. The standard InChI is InChI=1S/C18H23ClN4O3/c1-22(11-13-6-5-7-14(19)10-13)12-15(24)21-23-16(25)18(20-17(23)26)8-3-2-4-9-18/h5-7,10H,2-4,8-9,11-12H2,1H3,(H,20,26)(H,21,24). The summed E-state index contributed by atoms with van der Waals surface area (Å²) in [7, 11) is 1.79. The average molecular weight is 379 g/mol. The molecule has 3 rings (SSSR count). The number of amides is 4. The van der Waals surface area contributed by atoms with Crippen molar-refractivity contribution in [1.29, 1.82) is 0 Å². The van der Waals surface area contributed by atoms with E-state index in [2.05, 4.69) is 10.7 Å². The Morgan fingerprint density at radius 3 is 2.73 bits per heavy atom. The van der Waals surface area contributed by atoms with Gasteiger partial charge in [0.2, 0.25) is 0 Å². The lowest BCUT2D eigenvalue weighted by Gasteiger charge is -2.30. The summed E-state index contributed by atoms with van der Waals surface area (Å²) in [5.41, 5.74) is 2.58. The smallest absolute Gasteiger partial charge is 0.322 e. The first-order chi connectivity index (χ1) is 12.4. The zero-order valence-corrected chi connectivity index (χ0v) is 15.5. The van der Waals surface area contributed by atoms with Crippen molar-refractivity contribution in [3.8, 4) is 0 Å². The van der Waals surface area contributed by atoms with E-state index < -0.39 is 17.5 Å². The molecular formula is C18H23ClN4O3. The summed E-state index contributed by atoms with van der Waals surface area (Å²) >= 11 is 5.96. The molecule has 0 radical (unpaired) electrons. The summed E-state index contributed by atoms with van der Waals surface area (Å²) in [5, 5.41) is 4.24. The van der Waals surface area contributed by atoms with Gasteiger partial charge in [-0.15, -0.1) is 0 Å². The van der Waals surface area contributed by atoms with Crippen LogP contribution in [0.4, 0.5) is 4.79 Å². The van der Waals surface area contributed by atoms with Crippen LogP contribution in [0.15, 0.2) is 24.3 Å². The Morgan fingerprint density at radius 2 is 2.04 bits per heavy atom. The molecule has 2 aliphatic rings. The van der Waals surface area contributed by atoms with E-state index in [1.165, 1.54) is 0 Å². The molecule has 2 N–H and O–H groups in total. The van der Waals surface area contributed by atoms with Crippen molar-refractivity contribution < 1.29 is 14.4 Å². The Hall–Kier alpha value is -2.12. The molecule has 140 valence electrons. The second-order valence-corrected chi connectivity index (χ2v) is 7.49. The number of hydrogen-bond acceptors (Lipinski definition) is 4. The highest BCUT2D eigenvalue weighted by molar-refractivity contribution is 6.30. The summed E-state index contributed by atoms with van der Waals surface area (Å²) < 4.78 is 0. The number of nitrogens with zero attached hydrogens (tertiary/aromatic N) is 2. The molecule has 1 heterocycles. The summed E-state index contributed by atoms with van der Waals surface area (Å²) in [6.07, 6.45) is 4.11. The second-order valence-electron chi connectivity index (χ2n) is 7.05. The van der Waals surface area contributed by atoms with Crippen LogP contribution < -0.4 is 10.7 Å². The van der Waals surface area contributed by atoms with Gasteiger partial charge >= 0.3 is 6.03 Å². The third-order valence-corrected chi connectivity index (χ3v) is 5.10. The fourth-order valence-corrected chi connectivity index (χ4v) is 3.84. The third-order valence-electron chi connectivity index (χ3n) is 4.86. The van der Waals surface area contributed by atoms with Crippen LogP contribution >= 0.6 is 11.6 Å². The van der Waals surface area contributed by atoms with Gasteiger partial charge in [-0.3, -0.25) is 19.9 Å². The normalized spacial score (nSPS) is 19.1. The van der Waals surface area contributed by atoms with E-state index in [4.69, 9.17) is 11.6 Å². The molecule has 0 aromatic heterocycles. The van der Waals surface area contributed by atoms with Crippen molar-refractivity contribution in [2.24, 2.45) is 0 Å². The van der Waals surface area contributed by atoms with Crippen molar-refractivity contribution in [2.75, 3.05) is 13.6 Å². The third kappa shape index (κ3) is 3.99. The van der Waals surface area contributed by atoms with Gasteiger partial charge in [-0.05, 0) is 37.6 Å². The first-order valence-corrected chi connectivity index (χ1v) is 9.17. The molecule has 1 aromatic rings. The van der Waals surface area contributed by atoms with Crippen molar-refractivity contribution in [3.05, 3.63) is 34.9 Å². The van der Waals surface area contributed by atoms with Gasteiger partial charge in [0.15, 0.2) is 0 Å². The van der Waals surface area contributed by atoms with E-state index in [0.717, 1.165) is 29.8 Å². The Kier molecular flexibility index (Phi) is 5.48. The highest BCUT2D eigenvalue weighted by Crippen LogP contribution is 2.32. The molecule has 0 atom stereocenters. The number of hydrazine groups is 1. The summed E-state index contributed by atoms with van der Waals surface area (Å²) in [6, 6.07) is 6.84. The number of nitrogens with one attached hydrogen (secondary N) is 2. The maximum atomic E-state index is 12.6. The molecule has 26 heavy (non-hydrogen) atoms. The maximum Gasteiger partial charge on any atom is 0.344 e. The van der Waals surface area contributed by atoms with E-state index >= 15 is 0 Å². The highest BCUT2D eigenvalue weighted by Gasteiger charge is 2.52. The van der Waals surface area contributed by atoms with Crippen molar-refractivity contribution in [3.63, 3.8) is 0 Å². The molecule has 1 aromatic carbocycles. The van der Waals surface area contributed by atoms with E-state index in [1.54, 1.807) is 18.0 Å². The molecule has 7 nitrogen and oxygen atoms in total. The van der Waals surface area contributed by atoms with Crippen molar-refractivity contribution in [1.82, 2.24) is 20.7 Å². The van der Waals surface area contributed by atoms with Crippen LogP contribution in [0.2, 0.25) is 5.02 Å². The number of carbonyl (C=O) groups excluding carboxylic acids is 3. The Morgan fingerprint density at radius 1 is 1.31 bits per heavy atom. The average Bonchev–Trinajstić information content (AvgIpc) is 2.79. The van der Waals surface area contributed by atoms with Gasteiger partial charge in [0.1, 0.15) is 5.54 Å². The van der Waals surface area contributed by atoms with Gasteiger partial charge in [-0.25, -0.2) is 4.79 Å². The van der Waals surface area contributed by atoms with E-state index in [-0.39, 0.29) is 12.5 Å². The summed E-state index contributed by atoms with van der Waals surface area (Å²) in [6.45, 7) is 0.578. The zero-order chi connectivity index (χ0) is 18.7. The fourth-order valence-electron chi connectivity index (χ4n) is 3.62. The molecule has 2 fully saturated rings. The molecule has 1 saturated carbocycles. The van der Waals surface area contributed by atoms with Crippen LogP contribution in [-0.2, 0) is 16.1 Å². The molecule has 8 heteroatoms. The van der Waals surface area contributed by atoms with Crippen LogP contribution in [0.1, 0.15) is 37.7 Å². The largest absolute Gasteiger partial charge is 0.344 e. The van der Waals surface area contributed by atoms with Crippen LogP contribution in [0.25, 0.3) is 0 Å². The number of hydrogen-bond donors (Lipinski definition) is 2. The van der Waals surface area contributed by atoms with Crippen LogP contribution in [-0.4, -0.2) is 46.9 Å². The number of halogens is 1. The first kappa shape index (κ1) is 18.7. The number of rotatable bonds is 5. The number of likely N-dealkylation sites (N-methyl/N-ethyl adjacent to an activating group) is 1. The van der Waals surface area contributed by atoms with E-state index in [0.29, 0.717) is 24.4 Å². The molecule has 0 bridgehead atoms. The predicted molar refractivity (Wildman–Crippen MR) is 97.1 cm³/mol. The van der Waals surface area contributed by atoms with Gasteiger partial charge < -0.3 is 5.32 Å². The van der Waals surface area contributed by atoms with Gasteiger partial charge in [0.05, 0.1) is 6.54 Å². The lowest BCUT2D eigenvalue weighted by atomic mass is 9.82. The van der Waals surface area contributed by atoms with E-state index in [9.17, 15) is 14.4 Å². The summed E-state index contributed by atoms with van der Waals surface area (Å²) in [4.78, 5) is 38.9. The number of benzene rings is 1. The summed E-state index contributed by atoms with van der Waals surface area (Å²) in [5.74, 6) is -0.765. The van der Waals surface area contributed by atoms with Crippen LogP contribution in [0.5, 0.6) is 0 Å². The SMILES string of the molecule is CN(CC(=O)NN1C(=O)NC2(CCCCC2)C1=O)Cc1cccc(Cl)c1. The molecule has 1 aliphatic heterocycles. The van der Waals surface area contributed by atoms with Gasteiger partial charge in [0.25, 0.3) is 11.8 Å². The topological polar surface area (TPSA) is 81.8 Å². The monoisotopic (exact) mass is 378 g/mol. The van der Waals surface area contributed by atoms with Gasteiger partial charge in [0, 0.05) is 11.6 Å². The lowest BCUT2D eigenvalue weighted by molar-refractivity contribution is -0.140. The lowest BCUT2D eigenvalue weighted by Crippen LogP contribution is -2.52. The highest BCUT2D eigenvalue weighted by atomic mass is 35.5.